The van der Waals surface area contributed by atoms with Crippen LogP contribution in [0.1, 0.15) is 13.8 Å². The molecule has 0 spiro atoms. The molecule has 0 aliphatic rings. The molecule has 0 unspecified atom stereocenters. The lowest BCUT2D eigenvalue weighted by Crippen LogP contribution is -2.46. The van der Waals surface area contributed by atoms with E-state index in [9.17, 15) is 14.4 Å². The van der Waals surface area contributed by atoms with Crippen molar-refractivity contribution in [3.05, 3.63) is 40.9 Å². The van der Waals surface area contributed by atoms with Crippen LogP contribution in [0.2, 0.25) is 0 Å². The summed E-state index contributed by atoms with van der Waals surface area (Å²) in [5.74, 6) is -1.99. The molecule has 0 aliphatic carbocycles. The Labute approximate surface area is 142 Å². The summed E-state index contributed by atoms with van der Waals surface area (Å²) in [6, 6.07) is 6.11. The zero-order valence-corrected chi connectivity index (χ0v) is 13.7. The Morgan fingerprint density at radius 2 is 2.04 bits per heavy atom. The van der Waals surface area contributed by atoms with Gasteiger partial charge in [0.2, 0.25) is 11.5 Å². The van der Waals surface area contributed by atoms with Crippen molar-refractivity contribution < 1.29 is 19.1 Å². The first-order valence-corrected chi connectivity index (χ1v) is 7.77. The summed E-state index contributed by atoms with van der Waals surface area (Å²) in [5.41, 5.74) is 0.542. The Kier molecular flexibility index (Phi) is 4.26. The van der Waals surface area contributed by atoms with E-state index < -0.39 is 23.5 Å². The molecule has 0 bridgehead atoms. The maximum absolute atomic E-state index is 12.5. The molecule has 0 radical (unpaired) electrons. The van der Waals surface area contributed by atoms with Gasteiger partial charge in [-0.05, 0) is 18.1 Å². The van der Waals surface area contributed by atoms with Crippen LogP contribution in [-0.4, -0.2) is 32.6 Å². The number of aromatic nitrogens is 2. The van der Waals surface area contributed by atoms with E-state index in [1.807, 2.05) is 6.07 Å². The van der Waals surface area contributed by atoms with Gasteiger partial charge < -0.3 is 14.8 Å². The smallest absolute Gasteiger partial charge is 0.326 e. The molecule has 3 aromatic rings. The van der Waals surface area contributed by atoms with Crippen LogP contribution < -0.4 is 10.9 Å². The largest absolute Gasteiger partial charge is 0.480 e. The van der Waals surface area contributed by atoms with E-state index in [2.05, 4.69) is 10.3 Å². The van der Waals surface area contributed by atoms with Crippen molar-refractivity contribution in [3.8, 4) is 0 Å². The molecule has 2 N–H and O–H groups in total. The summed E-state index contributed by atoms with van der Waals surface area (Å²) >= 11 is 0. The van der Waals surface area contributed by atoms with Crippen LogP contribution in [-0.2, 0) is 16.1 Å². The Morgan fingerprint density at radius 1 is 1.32 bits per heavy atom. The molecule has 25 heavy (non-hydrogen) atoms. The number of benzene rings is 1. The van der Waals surface area contributed by atoms with Crippen LogP contribution in [0.25, 0.3) is 22.1 Å². The predicted octanol–water partition coefficient (Wildman–Crippen LogP) is 1.37. The zero-order chi connectivity index (χ0) is 18.1. The standard InChI is InChI=1S/C17H17N3O5/c1-9(2)13(17(23)24)19-12(21)7-20-8-18-14-10-5-3-4-6-11(10)25-15(14)16(20)22/h3-6,8-9,13H,7H2,1-2H3,(H,19,21)(H,23,24)/t13-/m0/s1. The van der Waals surface area contributed by atoms with Gasteiger partial charge in [-0.25, -0.2) is 9.78 Å². The van der Waals surface area contributed by atoms with Crippen molar-refractivity contribution in [1.29, 1.82) is 0 Å². The third-order valence-corrected chi connectivity index (χ3v) is 3.91. The molecule has 8 heteroatoms. The number of carboxylic acid groups (broad SMARTS) is 1. The topological polar surface area (TPSA) is 114 Å². The van der Waals surface area contributed by atoms with Crippen LogP contribution in [0.5, 0.6) is 0 Å². The summed E-state index contributed by atoms with van der Waals surface area (Å²) in [6.45, 7) is 3.04. The molecule has 1 amide bonds. The highest BCUT2D eigenvalue weighted by molar-refractivity contribution is 6.01. The first-order valence-electron chi connectivity index (χ1n) is 7.77. The van der Waals surface area contributed by atoms with Gasteiger partial charge in [0.1, 0.15) is 23.7 Å². The molecular weight excluding hydrogens is 326 g/mol. The molecular formula is C17H17N3O5. The fourth-order valence-electron chi connectivity index (χ4n) is 2.62. The van der Waals surface area contributed by atoms with Crippen LogP contribution in [0.3, 0.4) is 0 Å². The number of nitrogens with zero attached hydrogens (tertiary/aromatic N) is 2. The highest BCUT2D eigenvalue weighted by Gasteiger charge is 2.24. The van der Waals surface area contributed by atoms with Crippen molar-refractivity contribution in [2.75, 3.05) is 0 Å². The molecule has 2 aromatic heterocycles. The second kappa shape index (κ2) is 6.39. The number of amides is 1. The number of aliphatic carboxylic acids is 1. The number of furan rings is 1. The van der Waals surface area contributed by atoms with E-state index in [0.717, 1.165) is 9.95 Å². The van der Waals surface area contributed by atoms with Crippen molar-refractivity contribution in [2.45, 2.75) is 26.4 Å². The number of hydrogen-bond acceptors (Lipinski definition) is 5. The number of carboxylic acids is 1. The predicted molar refractivity (Wildman–Crippen MR) is 90.2 cm³/mol. The normalized spacial score (nSPS) is 12.6. The minimum Gasteiger partial charge on any atom is -0.480 e. The Morgan fingerprint density at radius 3 is 2.72 bits per heavy atom. The average molecular weight is 343 g/mol. The molecule has 0 fully saturated rings. The second-order valence-electron chi connectivity index (χ2n) is 6.08. The second-order valence-corrected chi connectivity index (χ2v) is 6.08. The van der Waals surface area contributed by atoms with Crippen LogP contribution in [0.4, 0.5) is 0 Å². The SMILES string of the molecule is CC(C)[C@H](NC(=O)Cn1cnc2c(oc3ccccc32)c1=O)C(=O)O. The lowest BCUT2D eigenvalue weighted by Gasteiger charge is -2.18. The highest BCUT2D eigenvalue weighted by Crippen LogP contribution is 2.23. The van der Waals surface area contributed by atoms with E-state index in [1.165, 1.54) is 6.33 Å². The molecule has 0 aliphatic heterocycles. The molecule has 130 valence electrons. The minimum atomic E-state index is -1.12. The van der Waals surface area contributed by atoms with Crippen molar-refractivity contribution in [3.63, 3.8) is 0 Å². The van der Waals surface area contributed by atoms with E-state index in [0.29, 0.717) is 11.1 Å². The molecule has 8 nitrogen and oxygen atoms in total. The number of para-hydroxylation sites is 1. The van der Waals surface area contributed by atoms with Gasteiger partial charge in [-0.15, -0.1) is 0 Å². The van der Waals surface area contributed by atoms with Crippen LogP contribution in [0, 0.1) is 5.92 Å². The molecule has 1 aromatic carbocycles. The Hall–Kier alpha value is -3.16. The molecule has 1 atom stereocenters. The number of carbonyl (C=O) groups excluding carboxylic acids is 1. The zero-order valence-electron chi connectivity index (χ0n) is 13.7. The average Bonchev–Trinajstić information content (AvgIpc) is 2.94. The molecule has 0 saturated heterocycles. The van der Waals surface area contributed by atoms with Crippen molar-refractivity contribution in [2.24, 2.45) is 5.92 Å². The Bertz CT molecular complexity index is 1020. The summed E-state index contributed by atoms with van der Waals surface area (Å²) in [7, 11) is 0. The Balaban J connectivity index is 1.90. The fraction of sp³-hybridized carbons (Fsp3) is 0.294. The summed E-state index contributed by atoms with van der Waals surface area (Å²) in [4.78, 5) is 40.0. The van der Waals surface area contributed by atoms with Crippen molar-refractivity contribution in [1.82, 2.24) is 14.9 Å². The minimum absolute atomic E-state index is 0.0649. The number of rotatable bonds is 5. The highest BCUT2D eigenvalue weighted by atomic mass is 16.4. The van der Waals surface area contributed by atoms with E-state index in [4.69, 9.17) is 9.52 Å². The fourth-order valence-corrected chi connectivity index (χ4v) is 2.62. The molecule has 0 saturated carbocycles. The number of carbonyl (C=O) groups is 2. The van der Waals surface area contributed by atoms with E-state index >= 15 is 0 Å². The first kappa shape index (κ1) is 16.7. The lowest BCUT2D eigenvalue weighted by molar-refractivity contribution is -0.143. The summed E-state index contributed by atoms with van der Waals surface area (Å²) in [6.07, 6.45) is 1.26. The van der Waals surface area contributed by atoms with Gasteiger partial charge in [0, 0.05) is 5.39 Å². The van der Waals surface area contributed by atoms with Gasteiger partial charge >= 0.3 is 5.97 Å². The number of nitrogens with one attached hydrogen (secondary N) is 1. The van der Waals surface area contributed by atoms with E-state index in [-0.39, 0.29) is 18.0 Å². The van der Waals surface area contributed by atoms with Gasteiger partial charge in [-0.1, -0.05) is 26.0 Å². The first-order chi connectivity index (χ1) is 11.9. The third kappa shape index (κ3) is 3.10. The van der Waals surface area contributed by atoms with Crippen LogP contribution >= 0.6 is 0 Å². The van der Waals surface area contributed by atoms with Gasteiger partial charge in [-0.3, -0.25) is 14.2 Å². The van der Waals surface area contributed by atoms with Gasteiger partial charge in [0.05, 0.1) is 6.33 Å². The van der Waals surface area contributed by atoms with Gasteiger partial charge in [-0.2, -0.15) is 0 Å². The van der Waals surface area contributed by atoms with Gasteiger partial charge in [0.25, 0.3) is 5.56 Å². The quantitative estimate of drug-likeness (QED) is 0.723. The summed E-state index contributed by atoms with van der Waals surface area (Å²) < 4.78 is 6.64. The summed E-state index contributed by atoms with van der Waals surface area (Å²) in [5, 5.41) is 12.3. The monoisotopic (exact) mass is 343 g/mol. The molecule has 3 rings (SSSR count). The third-order valence-electron chi connectivity index (χ3n) is 3.91. The van der Waals surface area contributed by atoms with Gasteiger partial charge in [0.15, 0.2) is 0 Å². The maximum atomic E-state index is 12.5. The van der Waals surface area contributed by atoms with Crippen LogP contribution in [0.15, 0.2) is 39.8 Å². The maximum Gasteiger partial charge on any atom is 0.326 e. The lowest BCUT2D eigenvalue weighted by atomic mass is 10.1. The van der Waals surface area contributed by atoms with E-state index in [1.54, 1.807) is 32.0 Å². The number of hydrogen-bond donors (Lipinski definition) is 2. The van der Waals surface area contributed by atoms with Crippen molar-refractivity contribution >= 4 is 33.9 Å². The molecule has 2 heterocycles. The number of fused-ring (bicyclic) bond motifs is 3.